The molecule has 0 radical (unpaired) electrons. The fraction of sp³-hybridized carbons (Fsp3) is 0.241. The zero-order chi connectivity index (χ0) is 25.4. The van der Waals surface area contributed by atoms with Crippen molar-refractivity contribution in [1.82, 2.24) is 5.32 Å². The van der Waals surface area contributed by atoms with E-state index >= 15 is 0 Å². The van der Waals surface area contributed by atoms with Crippen LogP contribution in [0.5, 0.6) is 5.75 Å². The number of hydrogen-bond acceptors (Lipinski definition) is 5. The second-order valence-corrected chi connectivity index (χ2v) is 9.33. The molecule has 1 amide bonds. The Morgan fingerprint density at radius 3 is 2.53 bits per heavy atom. The monoisotopic (exact) mass is 548 g/mol. The predicted molar refractivity (Wildman–Crippen MR) is 144 cm³/mol. The van der Waals surface area contributed by atoms with Crippen LogP contribution in [0.15, 0.2) is 101 Å². The molecule has 3 aromatic carbocycles. The number of nitrogens with zero attached hydrogens (tertiary/aromatic N) is 1. The zero-order valence-corrected chi connectivity index (χ0v) is 21.5. The number of aliphatic imine (C=N–C) groups is 1. The van der Waals surface area contributed by atoms with Crippen LogP contribution in [0, 0.1) is 0 Å². The van der Waals surface area contributed by atoms with E-state index in [4.69, 9.17) is 19.6 Å². The molecular weight excluding hydrogens is 520 g/mol. The lowest BCUT2D eigenvalue weighted by atomic mass is 9.82. The molecule has 36 heavy (non-hydrogen) atoms. The van der Waals surface area contributed by atoms with Gasteiger partial charge in [0, 0.05) is 41.6 Å². The van der Waals surface area contributed by atoms with Crippen LogP contribution in [0.2, 0.25) is 0 Å². The maximum atomic E-state index is 13.8. The zero-order valence-electron chi connectivity index (χ0n) is 19.9. The van der Waals surface area contributed by atoms with Crippen LogP contribution in [0.1, 0.15) is 29.2 Å². The van der Waals surface area contributed by atoms with Crippen molar-refractivity contribution in [2.75, 3.05) is 19.8 Å². The number of nitrogens with one attached hydrogen (secondary N) is 1. The van der Waals surface area contributed by atoms with Gasteiger partial charge in [-0.2, -0.15) is 0 Å². The topological polar surface area (TPSA) is 80.2 Å². The number of halogens is 1. The van der Waals surface area contributed by atoms with Gasteiger partial charge in [0.25, 0.3) is 5.91 Å². The number of benzene rings is 3. The Morgan fingerprint density at radius 2 is 1.83 bits per heavy atom. The number of ether oxygens (including phenoxy) is 2. The summed E-state index contributed by atoms with van der Waals surface area (Å²) < 4.78 is 13.0. The minimum Gasteiger partial charge on any atom is -0.494 e. The second kappa shape index (κ2) is 12.0. The first kappa shape index (κ1) is 25.7. The SMILES string of the molecule is C=CCNC(=O)[C@]1(Cc2ccccc2)N=C(c2ccc(OCCCO)cc2)O[C@@H]1c1ccccc1Br. The molecule has 0 aromatic heterocycles. The lowest BCUT2D eigenvalue weighted by molar-refractivity contribution is -0.128. The number of hydrogen-bond donors (Lipinski definition) is 2. The average molecular weight is 549 g/mol. The number of carbonyl (C=O) groups excluding carboxylic acids is 1. The highest BCUT2D eigenvalue weighted by Gasteiger charge is 2.53. The predicted octanol–water partition coefficient (Wildman–Crippen LogP) is 5.01. The van der Waals surface area contributed by atoms with Crippen molar-refractivity contribution in [2.24, 2.45) is 4.99 Å². The van der Waals surface area contributed by atoms with Gasteiger partial charge >= 0.3 is 0 Å². The van der Waals surface area contributed by atoms with Gasteiger partial charge in [-0.1, -0.05) is 70.5 Å². The third-order valence-corrected chi connectivity index (χ3v) is 6.66. The Bertz CT molecular complexity index is 1210. The Hall–Kier alpha value is -3.42. The quantitative estimate of drug-likeness (QED) is 0.260. The van der Waals surface area contributed by atoms with Crippen molar-refractivity contribution < 1.29 is 19.4 Å². The Labute approximate surface area is 219 Å². The highest BCUT2D eigenvalue weighted by Crippen LogP contribution is 2.44. The molecule has 2 atom stereocenters. The first-order valence-corrected chi connectivity index (χ1v) is 12.6. The van der Waals surface area contributed by atoms with E-state index in [0.29, 0.717) is 37.6 Å². The molecule has 0 bridgehead atoms. The van der Waals surface area contributed by atoms with Gasteiger partial charge in [-0.05, 0) is 35.9 Å². The van der Waals surface area contributed by atoms with Crippen LogP contribution in [0.25, 0.3) is 0 Å². The highest BCUT2D eigenvalue weighted by molar-refractivity contribution is 9.10. The van der Waals surface area contributed by atoms with Gasteiger partial charge in [0.05, 0.1) is 6.61 Å². The molecule has 0 aliphatic carbocycles. The van der Waals surface area contributed by atoms with Gasteiger partial charge in [0.2, 0.25) is 5.90 Å². The summed E-state index contributed by atoms with van der Waals surface area (Å²) in [5.41, 5.74) is 1.32. The van der Waals surface area contributed by atoms with Gasteiger partial charge < -0.3 is 19.9 Å². The van der Waals surface area contributed by atoms with Gasteiger partial charge in [-0.3, -0.25) is 4.79 Å². The molecule has 0 saturated carbocycles. The molecule has 0 fully saturated rings. The van der Waals surface area contributed by atoms with Crippen molar-refractivity contribution in [3.8, 4) is 5.75 Å². The summed E-state index contributed by atoms with van der Waals surface area (Å²) in [5.74, 6) is 0.848. The number of aliphatic hydroxyl groups excluding tert-OH is 1. The third-order valence-electron chi connectivity index (χ3n) is 5.94. The number of rotatable bonds is 11. The largest absolute Gasteiger partial charge is 0.494 e. The normalized spacial score (nSPS) is 18.7. The van der Waals surface area contributed by atoms with E-state index < -0.39 is 11.6 Å². The van der Waals surface area contributed by atoms with Crippen molar-refractivity contribution in [3.63, 3.8) is 0 Å². The summed E-state index contributed by atoms with van der Waals surface area (Å²) in [6.45, 7) is 4.57. The average Bonchev–Trinajstić information content (AvgIpc) is 3.28. The Morgan fingerprint density at radius 1 is 1.11 bits per heavy atom. The van der Waals surface area contributed by atoms with E-state index in [1.807, 2.05) is 78.9 Å². The van der Waals surface area contributed by atoms with Gasteiger partial charge in [0.15, 0.2) is 11.6 Å². The molecule has 4 rings (SSSR count). The van der Waals surface area contributed by atoms with Crippen LogP contribution in [0.4, 0.5) is 0 Å². The lowest BCUT2D eigenvalue weighted by Gasteiger charge is -2.31. The number of amides is 1. The minimum absolute atomic E-state index is 0.0799. The molecule has 0 saturated heterocycles. The smallest absolute Gasteiger partial charge is 0.252 e. The molecule has 0 unspecified atom stereocenters. The summed E-state index contributed by atoms with van der Waals surface area (Å²) in [6.07, 6.45) is 1.91. The van der Waals surface area contributed by atoms with Crippen LogP contribution in [-0.4, -0.2) is 42.2 Å². The molecule has 2 N–H and O–H groups in total. The fourth-order valence-corrected chi connectivity index (χ4v) is 4.66. The van der Waals surface area contributed by atoms with Crippen LogP contribution >= 0.6 is 15.9 Å². The number of aliphatic hydroxyl groups is 1. The minimum atomic E-state index is -1.24. The maximum absolute atomic E-state index is 13.8. The second-order valence-electron chi connectivity index (χ2n) is 8.47. The van der Waals surface area contributed by atoms with E-state index in [2.05, 4.69) is 27.8 Å². The van der Waals surface area contributed by atoms with Gasteiger partial charge in [-0.15, -0.1) is 6.58 Å². The first-order valence-electron chi connectivity index (χ1n) is 11.9. The van der Waals surface area contributed by atoms with Gasteiger partial charge in [0.1, 0.15) is 5.75 Å². The molecular formula is C29H29BrN2O4. The molecule has 7 heteroatoms. The Balaban J connectivity index is 1.77. The molecule has 1 aliphatic rings. The standard InChI is InChI=1S/C29H29BrN2O4/c1-2-17-31-28(34)29(20-21-9-4-3-5-10-21)26(24-11-6-7-12-25(24)30)36-27(32-29)22-13-15-23(16-14-22)35-19-8-18-33/h2-7,9-16,26,33H,1,8,17-20H2,(H,31,34)/t26-,29-/m1/s1. The molecule has 0 spiro atoms. The molecule has 6 nitrogen and oxygen atoms in total. The van der Waals surface area contributed by atoms with E-state index in [1.54, 1.807) is 6.08 Å². The van der Waals surface area contributed by atoms with E-state index in [-0.39, 0.29) is 12.5 Å². The summed E-state index contributed by atoms with van der Waals surface area (Å²) in [7, 11) is 0. The van der Waals surface area contributed by atoms with Crippen molar-refractivity contribution in [1.29, 1.82) is 0 Å². The van der Waals surface area contributed by atoms with Crippen LogP contribution in [-0.2, 0) is 16.0 Å². The van der Waals surface area contributed by atoms with Crippen molar-refractivity contribution in [2.45, 2.75) is 24.5 Å². The highest BCUT2D eigenvalue weighted by atomic mass is 79.9. The fourth-order valence-electron chi connectivity index (χ4n) is 4.17. The van der Waals surface area contributed by atoms with Crippen molar-refractivity contribution >= 4 is 27.7 Å². The summed E-state index contributed by atoms with van der Waals surface area (Å²) >= 11 is 3.65. The molecule has 1 aliphatic heterocycles. The summed E-state index contributed by atoms with van der Waals surface area (Å²) in [5, 5.41) is 11.9. The number of carbonyl (C=O) groups is 1. The Kier molecular flexibility index (Phi) is 8.57. The van der Waals surface area contributed by atoms with E-state index in [1.165, 1.54) is 0 Å². The summed E-state index contributed by atoms with van der Waals surface area (Å²) in [6, 6.07) is 25.0. The van der Waals surface area contributed by atoms with E-state index in [9.17, 15) is 4.79 Å². The third kappa shape index (κ3) is 5.69. The van der Waals surface area contributed by atoms with Crippen molar-refractivity contribution in [3.05, 3.63) is 113 Å². The van der Waals surface area contributed by atoms with E-state index in [0.717, 1.165) is 21.2 Å². The lowest BCUT2D eigenvalue weighted by Crippen LogP contribution is -2.50. The van der Waals surface area contributed by atoms with Crippen LogP contribution < -0.4 is 10.1 Å². The molecule has 3 aromatic rings. The first-order chi connectivity index (χ1) is 17.6. The van der Waals surface area contributed by atoms with Gasteiger partial charge in [-0.25, -0.2) is 4.99 Å². The maximum Gasteiger partial charge on any atom is 0.252 e. The molecule has 186 valence electrons. The summed E-state index contributed by atoms with van der Waals surface area (Å²) in [4.78, 5) is 18.8. The molecule has 1 heterocycles. The van der Waals surface area contributed by atoms with Crippen LogP contribution in [0.3, 0.4) is 0 Å².